The van der Waals surface area contributed by atoms with Gasteiger partial charge in [-0.25, -0.2) is 9.50 Å². The van der Waals surface area contributed by atoms with Crippen molar-refractivity contribution in [3.05, 3.63) is 78.0 Å². The number of halogens is 3. The highest BCUT2D eigenvalue weighted by Crippen LogP contribution is 2.34. The van der Waals surface area contributed by atoms with Crippen LogP contribution in [0.2, 0.25) is 0 Å². The van der Waals surface area contributed by atoms with Gasteiger partial charge in [0.1, 0.15) is 0 Å². The average molecular weight is 449 g/mol. The molecule has 0 fully saturated rings. The van der Waals surface area contributed by atoms with E-state index < -0.39 is 11.9 Å². The van der Waals surface area contributed by atoms with Gasteiger partial charge in [-0.05, 0) is 29.7 Å². The number of fused-ring (bicyclic) bond motifs is 1. The van der Waals surface area contributed by atoms with Gasteiger partial charge in [-0.3, -0.25) is 0 Å². The summed E-state index contributed by atoms with van der Waals surface area (Å²) in [5.41, 5.74) is 1.77. The van der Waals surface area contributed by atoms with Crippen molar-refractivity contribution in [1.29, 1.82) is 0 Å². The molecule has 0 aliphatic rings. The van der Waals surface area contributed by atoms with Crippen LogP contribution < -0.4 is 0 Å². The molecule has 0 N–H and O–H groups in total. The fourth-order valence-electron chi connectivity index (χ4n) is 3.49. The first-order valence-electron chi connectivity index (χ1n) is 10.3. The third-order valence-corrected chi connectivity index (χ3v) is 5.26. The minimum atomic E-state index is -4.64. The van der Waals surface area contributed by atoms with Gasteiger partial charge in [0, 0.05) is 17.2 Å². The summed E-state index contributed by atoms with van der Waals surface area (Å²) >= 11 is 0. The van der Waals surface area contributed by atoms with Crippen LogP contribution in [0.4, 0.5) is 13.2 Å². The molecule has 0 saturated carbocycles. The molecule has 0 spiro atoms. The third kappa shape index (κ3) is 3.97. The number of hydrogen-bond acceptors (Lipinski definition) is 5. The molecule has 6 nitrogen and oxygen atoms in total. The molecule has 9 heteroatoms. The molecule has 0 amide bonds. The molecule has 0 bridgehead atoms. The summed E-state index contributed by atoms with van der Waals surface area (Å²) in [6.07, 6.45) is -4.64. The summed E-state index contributed by atoms with van der Waals surface area (Å²) in [4.78, 5) is 4.42. The summed E-state index contributed by atoms with van der Waals surface area (Å²) in [6, 6.07) is 18.8. The minimum absolute atomic E-state index is 0.00955. The summed E-state index contributed by atoms with van der Waals surface area (Å²) in [6.45, 7) is 4.10. The Balaban J connectivity index is 1.60. The molecule has 0 saturated heterocycles. The number of alkyl halides is 3. The van der Waals surface area contributed by atoms with Crippen LogP contribution in [0.5, 0.6) is 0 Å². The first kappa shape index (κ1) is 20.9. The topological polar surface area (TPSA) is 69.1 Å². The van der Waals surface area contributed by atoms with Crippen LogP contribution in [-0.2, 0) is 6.18 Å². The second kappa shape index (κ2) is 7.84. The highest BCUT2D eigenvalue weighted by molar-refractivity contribution is 5.66. The van der Waals surface area contributed by atoms with Crippen molar-refractivity contribution in [3.8, 4) is 34.3 Å². The van der Waals surface area contributed by atoms with Gasteiger partial charge >= 0.3 is 6.18 Å². The Morgan fingerprint density at radius 2 is 1.52 bits per heavy atom. The standard InChI is InChI=1S/C24H18F3N5O/c1-14(2)15-8-10-16(11-9-15)18-12-20(24(25,26)27)32-21(28-18)13-19(31-32)23-30-29-22(33-23)17-6-4-3-5-7-17/h3-14H,1-2H3. The predicted octanol–water partition coefficient (Wildman–Crippen LogP) is 6.26. The van der Waals surface area contributed by atoms with Gasteiger partial charge in [-0.2, -0.15) is 18.3 Å². The lowest BCUT2D eigenvalue weighted by Gasteiger charge is -2.11. The highest BCUT2D eigenvalue weighted by atomic mass is 19.4. The highest BCUT2D eigenvalue weighted by Gasteiger charge is 2.35. The predicted molar refractivity (Wildman–Crippen MR) is 116 cm³/mol. The maximum absolute atomic E-state index is 13.9. The number of nitrogens with zero attached hydrogens (tertiary/aromatic N) is 5. The fourth-order valence-corrected chi connectivity index (χ4v) is 3.49. The molecule has 3 aromatic heterocycles. The number of benzene rings is 2. The lowest BCUT2D eigenvalue weighted by molar-refractivity contribution is -0.142. The fraction of sp³-hybridized carbons (Fsp3) is 0.167. The van der Waals surface area contributed by atoms with Gasteiger partial charge in [0.05, 0.1) is 5.69 Å². The molecule has 33 heavy (non-hydrogen) atoms. The van der Waals surface area contributed by atoms with Crippen LogP contribution in [0.15, 0.2) is 71.1 Å². The van der Waals surface area contributed by atoms with Gasteiger partial charge in [0.15, 0.2) is 17.0 Å². The second-order valence-corrected chi connectivity index (χ2v) is 7.88. The van der Waals surface area contributed by atoms with Crippen LogP contribution in [-0.4, -0.2) is 24.8 Å². The smallest absolute Gasteiger partial charge is 0.415 e. The first-order valence-corrected chi connectivity index (χ1v) is 10.3. The molecule has 3 heterocycles. The van der Waals surface area contributed by atoms with Gasteiger partial charge in [-0.1, -0.05) is 56.3 Å². The van der Waals surface area contributed by atoms with Gasteiger partial charge in [0.25, 0.3) is 5.89 Å². The van der Waals surface area contributed by atoms with Crippen molar-refractivity contribution >= 4 is 5.65 Å². The minimum Gasteiger partial charge on any atom is -0.415 e. The van der Waals surface area contributed by atoms with Crippen LogP contribution in [0.25, 0.3) is 39.9 Å². The van der Waals surface area contributed by atoms with Crippen molar-refractivity contribution in [2.24, 2.45) is 0 Å². The van der Waals surface area contributed by atoms with E-state index >= 15 is 0 Å². The Morgan fingerprint density at radius 1 is 0.818 bits per heavy atom. The zero-order valence-electron chi connectivity index (χ0n) is 17.7. The average Bonchev–Trinajstić information content (AvgIpc) is 3.45. The summed E-state index contributed by atoms with van der Waals surface area (Å²) in [7, 11) is 0. The molecular formula is C24H18F3N5O. The van der Waals surface area contributed by atoms with E-state index in [4.69, 9.17) is 4.42 Å². The first-order chi connectivity index (χ1) is 15.8. The van der Waals surface area contributed by atoms with Crippen molar-refractivity contribution < 1.29 is 17.6 Å². The molecule has 5 aromatic rings. The zero-order chi connectivity index (χ0) is 23.2. The monoisotopic (exact) mass is 449 g/mol. The van der Waals surface area contributed by atoms with E-state index in [1.807, 2.05) is 30.3 Å². The Labute approximate surface area is 186 Å². The van der Waals surface area contributed by atoms with Gasteiger partial charge in [-0.15, -0.1) is 10.2 Å². The van der Waals surface area contributed by atoms with Crippen LogP contribution >= 0.6 is 0 Å². The number of hydrogen-bond donors (Lipinski definition) is 0. The summed E-state index contributed by atoms with van der Waals surface area (Å²) < 4.78 is 48.1. The second-order valence-electron chi connectivity index (χ2n) is 7.88. The van der Waals surface area contributed by atoms with E-state index in [-0.39, 0.29) is 28.8 Å². The van der Waals surface area contributed by atoms with E-state index in [2.05, 4.69) is 34.1 Å². The number of aromatic nitrogens is 5. The summed E-state index contributed by atoms with van der Waals surface area (Å²) in [5, 5.41) is 12.0. The molecule has 5 rings (SSSR count). The van der Waals surface area contributed by atoms with Gasteiger partial charge < -0.3 is 4.42 Å². The van der Waals surface area contributed by atoms with E-state index in [1.54, 1.807) is 24.3 Å². The Morgan fingerprint density at radius 3 is 2.18 bits per heavy atom. The Bertz CT molecular complexity index is 1420. The van der Waals surface area contributed by atoms with Crippen LogP contribution in [0.3, 0.4) is 0 Å². The molecule has 0 aliphatic heterocycles. The van der Waals surface area contributed by atoms with E-state index in [9.17, 15) is 13.2 Å². The van der Waals surface area contributed by atoms with Crippen LogP contribution in [0.1, 0.15) is 31.0 Å². The van der Waals surface area contributed by atoms with E-state index in [1.165, 1.54) is 6.07 Å². The summed E-state index contributed by atoms with van der Waals surface area (Å²) in [5.74, 6) is 0.570. The molecule has 2 aromatic carbocycles. The maximum atomic E-state index is 13.9. The molecule has 0 aliphatic carbocycles. The van der Waals surface area contributed by atoms with E-state index in [0.717, 1.165) is 16.1 Å². The molecule has 0 atom stereocenters. The quantitative estimate of drug-likeness (QED) is 0.324. The third-order valence-electron chi connectivity index (χ3n) is 5.26. The molecule has 0 radical (unpaired) electrons. The molecular weight excluding hydrogens is 431 g/mol. The Hall–Kier alpha value is -4.01. The molecule has 0 unspecified atom stereocenters. The van der Waals surface area contributed by atoms with Crippen molar-refractivity contribution in [1.82, 2.24) is 24.8 Å². The maximum Gasteiger partial charge on any atom is 0.433 e. The normalized spacial score (nSPS) is 12.1. The molecule has 166 valence electrons. The van der Waals surface area contributed by atoms with Crippen molar-refractivity contribution in [3.63, 3.8) is 0 Å². The van der Waals surface area contributed by atoms with Gasteiger partial charge in [0.2, 0.25) is 5.89 Å². The lowest BCUT2D eigenvalue weighted by atomic mass is 10.0. The van der Waals surface area contributed by atoms with Crippen molar-refractivity contribution in [2.75, 3.05) is 0 Å². The largest absolute Gasteiger partial charge is 0.433 e. The van der Waals surface area contributed by atoms with Crippen LogP contribution in [0, 0.1) is 0 Å². The zero-order valence-corrected chi connectivity index (χ0v) is 17.7. The number of rotatable bonds is 4. The van der Waals surface area contributed by atoms with E-state index in [0.29, 0.717) is 17.0 Å². The lowest BCUT2D eigenvalue weighted by Crippen LogP contribution is -2.13. The van der Waals surface area contributed by atoms with Crippen molar-refractivity contribution in [2.45, 2.75) is 25.9 Å². The SMILES string of the molecule is CC(C)c1ccc(-c2cc(C(F)(F)F)n3nc(-c4nnc(-c5ccccc5)o4)cc3n2)cc1. The Kier molecular flexibility index (Phi) is 4.96.